The number of carbonyl (C=O) groups is 2. The summed E-state index contributed by atoms with van der Waals surface area (Å²) in [6, 6.07) is 10.7. The molecule has 2 saturated carbocycles. The second kappa shape index (κ2) is 6.98. The van der Waals surface area contributed by atoms with Crippen LogP contribution in [-0.4, -0.2) is 62.8 Å². The van der Waals surface area contributed by atoms with Gasteiger partial charge in [-0.05, 0) is 43.4 Å². The highest BCUT2D eigenvalue weighted by Gasteiger charge is 2.58. The number of aliphatic imine (C=N–C) groups is 1. The van der Waals surface area contributed by atoms with Crippen LogP contribution in [0.2, 0.25) is 0 Å². The number of nitrogens with one attached hydrogen (secondary N) is 1. The topological polar surface area (TPSA) is 81.7 Å². The molecule has 0 atom stereocenters. The summed E-state index contributed by atoms with van der Waals surface area (Å²) < 4.78 is 15.4. The molecule has 4 aliphatic rings. The highest BCUT2D eigenvalue weighted by molar-refractivity contribution is 6.16. The monoisotopic (exact) mass is 457 g/mol. The summed E-state index contributed by atoms with van der Waals surface area (Å²) in [5, 5.41) is 7.85. The molecule has 1 spiro atoms. The van der Waals surface area contributed by atoms with Crippen LogP contribution >= 0.6 is 0 Å². The third kappa shape index (κ3) is 3.01. The lowest BCUT2D eigenvalue weighted by molar-refractivity contribution is -0.139. The minimum atomic E-state index is -0.653. The zero-order valence-corrected chi connectivity index (χ0v) is 18.6. The van der Waals surface area contributed by atoms with Gasteiger partial charge in [-0.1, -0.05) is 24.3 Å². The number of H-pyrrole nitrogens is 1. The minimum Gasteiger partial charge on any atom is -0.342 e. The second-order valence-corrected chi connectivity index (χ2v) is 10.1. The first kappa shape index (κ1) is 19.9. The standard InChI is InChI=1S/C26H24FN5O2/c27-21-10-17(6-7-19(21)18-2-1-3-22-20(18)11-28-30-22)23-29-26(8-9-26)25(34)32(23)14-15-12-31(13-15)24(33)16-4-5-16/h1-3,6-7,10-11,15-16H,4-5,8-9,12-14H2,(H,28,30). The number of fused-ring (bicyclic) bond motifs is 1. The third-order valence-corrected chi connectivity index (χ3v) is 7.58. The van der Waals surface area contributed by atoms with Crippen LogP contribution in [0.3, 0.4) is 0 Å². The lowest BCUT2D eigenvalue weighted by Crippen LogP contribution is -2.55. The number of aromatic nitrogens is 2. The van der Waals surface area contributed by atoms with Gasteiger partial charge in [0.1, 0.15) is 17.2 Å². The van der Waals surface area contributed by atoms with E-state index in [9.17, 15) is 9.59 Å². The van der Waals surface area contributed by atoms with Gasteiger partial charge in [-0.15, -0.1) is 0 Å². The van der Waals surface area contributed by atoms with E-state index in [0.717, 1.165) is 42.1 Å². The van der Waals surface area contributed by atoms with Crippen molar-refractivity contribution in [1.82, 2.24) is 20.0 Å². The molecule has 7 nitrogen and oxygen atoms in total. The Balaban J connectivity index is 1.16. The van der Waals surface area contributed by atoms with E-state index in [1.165, 1.54) is 6.07 Å². The Hall–Kier alpha value is -3.55. The number of amides is 2. The molecule has 1 aromatic heterocycles. The van der Waals surface area contributed by atoms with Crippen LogP contribution in [0.1, 0.15) is 31.2 Å². The van der Waals surface area contributed by atoms with Crippen LogP contribution in [0.5, 0.6) is 0 Å². The zero-order valence-electron chi connectivity index (χ0n) is 18.6. The maximum atomic E-state index is 15.4. The van der Waals surface area contributed by atoms with Crippen molar-refractivity contribution < 1.29 is 14.0 Å². The second-order valence-electron chi connectivity index (χ2n) is 10.1. The van der Waals surface area contributed by atoms with Gasteiger partial charge in [0.15, 0.2) is 0 Å². The highest BCUT2D eigenvalue weighted by Crippen LogP contribution is 2.46. The number of benzene rings is 2. The number of halogens is 1. The summed E-state index contributed by atoms with van der Waals surface area (Å²) in [6.45, 7) is 1.88. The van der Waals surface area contributed by atoms with E-state index in [2.05, 4.69) is 10.2 Å². The molecule has 34 heavy (non-hydrogen) atoms. The van der Waals surface area contributed by atoms with Gasteiger partial charge in [0.2, 0.25) is 5.91 Å². The van der Waals surface area contributed by atoms with Crippen molar-refractivity contribution in [1.29, 1.82) is 0 Å². The molecule has 2 aliphatic heterocycles. The molecule has 2 aromatic carbocycles. The predicted octanol–water partition coefficient (Wildman–Crippen LogP) is 3.36. The molecule has 172 valence electrons. The lowest BCUT2D eigenvalue weighted by Gasteiger charge is -2.41. The number of hydrogen-bond donors (Lipinski definition) is 1. The Morgan fingerprint density at radius 3 is 2.71 bits per heavy atom. The van der Waals surface area contributed by atoms with Crippen LogP contribution in [-0.2, 0) is 9.59 Å². The van der Waals surface area contributed by atoms with Gasteiger partial charge in [-0.25, -0.2) is 4.39 Å². The molecule has 3 fully saturated rings. The van der Waals surface area contributed by atoms with Gasteiger partial charge in [-0.3, -0.25) is 24.6 Å². The van der Waals surface area contributed by atoms with Gasteiger partial charge in [0.25, 0.3) is 5.91 Å². The van der Waals surface area contributed by atoms with Gasteiger partial charge in [0, 0.05) is 48.0 Å². The molecule has 2 aliphatic carbocycles. The van der Waals surface area contributed by atoms with Gasteiger partial charge in [0.05, 0.1) is 11.7 Å². The number of rotatable bonds is 5. The quantitative estimate of drug-likeness (QED) is 0.638. The smallest absolute Gasteiger partial charge is 0.256 e. The molecule has 2 amide bonds. The Kier molecular flexibility index (Phi) is 4.08. The predicted molar refractivity (Wildman–Crippen MR) is 124 cm³/mol. The molecule has 0 radical (unpaired) electrons. The Morgan fingerprint density at radius 2 is 1.97 bits per heavy atom. The summed E-state index contributed by atoms with van der Waals surface area (Å²) in [7, 11) is 0. The molecule has 1 N–H and O–H groups in total. The van der Waals surface area contributed by atoms with E-state index in [0.29, 0.717) is 36.6 Å². The van der Waals surface area contributed by atoms with E-state index < -0.39 is 5.54 Å². The fourth-order valence-electron chi connectivity index (χ4n) is 5.28. The van der Waals surface area contributed by atoms with Gasteiger partial charge in [-0.2, -0.15) is 5.10 Å². The van der Waals surface area contributed by atoms with Crippen LogP contribution < -0.4 is 0 Å². The van der Waals surface area contributed by atoms with Crippen molar-refractivity contribution in [2.75, 3.05) is 19.6 Å². The molecule has 3 aromatic rings. The van der Waals surface area contributed by atoms with Gasteiger partial charge < -0.3 is 4.90 Å². The molecule has 0 bridgehead atoms. The fourth-order valence-corrected chi connectivity index (χ4v) is 5.28. The minimum absolute atomic E-state index is 0.0159. The molecule has 0 unspecified atom stereocenters. The first-order valence-electron chi connectivity index (χ1n) is 12.0. The SMILES string of the molecule is O=C(C1CC1)N1CC(CN2C(=O)C3(CC3)N=C2c2ccc(-c3cccc4[nH]ncc34)c(F)c2)C1. The van der Waals surface area contributed by atoms with E-state index in [4.69, 9.17) is 4.99 Å². The Labute approximate surface area is 195 Å². The van der Waals surface area contributed by atoms with Crippen molar-refractivity contribution in [3.63, 3.8) is 0 Å². The van der Waals surface area contributed by atoms with Crippen molar-refractivity contribution in [3.8, 4) is 11.1 Å². The Bertz CT molecular complexity index is 1380. The maximum Gasteiger partial charge on any atom is 0.256 e. The van der Waals surface area contributed by atoms with E-state index in [-0.39, 0.29) is 29.5 Å². The van der Waals surface area contributed by atoms with E-state index in [1.807, 2.05) is 29.2 Å². The number of likely N-dealkylation sites (tertiary alicyclic amines) is 1. The molecule has 7 rings (SSSR count). The summed E-state index contributed by atoms with van der Waals surface area (Å²) >= 11 is 0. The summed E-state index contributed by atoms with van der Waals surface area (Å²) in [5.74, 6) is 0.914. The average Bonchev–Trinajstić information content (AvgIpc) is 3.72. The fraction of sp³-hybridized carbons (Fsp3) is 0.385. The molecular formula is C26H24FN5O2. The number of aromatic amines is 1. The van der Waals surface area contributed by atoms with E-state index in [1.54, 1.807) is 17.2 Å². The summed E-state index contributed by atoms with van der Waals surface area (Å²) in [4.78, 5) is 33.9. The summed E-state index contributed by atoms with van der Waals surface area (Å²) in [5.41, 5.74) is 2.07. The normalized spacial score (nSPS) is 21.3. The average molecular weight is 458 g/mol. The van der Waals surface area contributed by atoms with Crippen LogP contribution in [0, 0.1) is 17.7 Å². The van der Waals surface area contributed by atoms with Crippen LogP contribution in [0.25, 0.3) is 22.0 Å². The van der Waals surface area contributed by atoms with Crippen molar-refractivity contribution in [2.24, 2.45) is 16.8 Å². The zero-order chi connectivity index (χ0) is 23.0. The number of amidine groups is 1. The van der Waals surface area contributed by atoms with Crippen LogP contribution in [0.4, 0.5) is 4.39 Å². The summed E-state index contributed by atoms with van der Waals surface area (Å²) in [6.07, 6.45) is 5.19. The van der Waals surface area contributed by atoms with Crippen molar-refractivity contribution in [3.05, 3.63) is 54.0 Å². The van der Waals surface area contributed by atoms with Crippen molar-refractivity contribution in [2.45, 2.75) is 31.2 Å². The third-order valence-electron chi connectivity index (χ3n) is 7.58. The van der Waals surface area contributed by atoms with Crippen molar-refractivity contribution >= 4 is 28.6 Å². The maximum absolute atomic E-state index is 15.4. The van der Waals surface area contributed by atoms with E-state index >= 15 is 4.39 Å². The molecular weight excluding hydrogens is 433 g/mol. The molecule has 3 heterocycles. The molecule has 8 heteroatoms. The first-order chi connectivity index (χ1) is 16.5. The Morgan fingerprint density at radius 1 is 1.15 bits per heavy atom. The number of carbonyl (C=O) groups excluding carboxylic acids is 2. The lowest BCUT2D eigenvalue weighted by atomic mass is 9.97. The highest BCUT2D eigenvalue weighted by atomic mass is 19.1. The van der Waals surface area contributed by atoms with Gasteiger partial charge >= 0.3 is 0 Å². The molecule has 1 saturated heterocycles. The van der Waals surface area contributed by atoms with Crippen LogP contribution in [0.15, 0.2) is 47.6 Å². The first-order valence-corrected chi connectivity index (χ1v) is 12.0. The number of hydrogen-bond acceptors (Lipinski definition) is 4. The largest absolute Gasteiger partial charge is 0.342 e. The number of nitrogens with zero attached hydrogens (tertiary/aromatic N) is 4.